The molecular weight excluding hydrogens is 300 g/mol. The Bertz CT molecular complexity index is 360. The maximum absolute atomic E-state index is 10.1. The van der Waals surface area contributed by atoms with Crippen molar-refractivity contribution in [3.05, 3.63) is 25.3 Å². The van der Waals surface area contributed by atoms with Gasteiger partial charge in [-0.25, -0.2) is 14.4 Å². The minimum atomic E-state index is -1.83. The third-order valence-corrected chi connectivity index (χ3v) is 2.01. The number of hydrogen-bond acceptors (Lipinski definition) is 5. The first-order valence-corrected chi connectivity index (χ1v) is 5.79. The third kappa shape index (κ3) is 15.7. The molecule has 0 heterocycles. The third-order valence-electron chi connectivity index (χ3n) is 2.01. The van der Waals surface area contributed by atoms with Gasteiger partial charge in [0.05, 0.1) is 0 Å². The summed E-state index contributed by atoms with van der Waals surface area (Å²) in [6.07, 6.45) is 1.05. The lowest BCUT2D eigenvalue weighted by atomic mass is 10.0. The highest BCUT2D eigenvalue weighted by Gasteiger charge is 2.28. The van der Waals surface area contributed by atoms with E-state index in [4.69, 9.17) is 35.4 Å². The van der Waals surface area contributed by atoms with E-state index in [1.54, 1.807) is 0 Å². The molecule has 0 saturated heterocycles. The second kappa shape index (κ2) is 11.3. The number of carboxylic acid groups (broad SMARTS) is 4. The summed E-state index contributed by atoms with van der Waals surface area (Å²) in [6, 6.07) is 0. The van der Waals surface area contributed by atoms with Crippen LogP contribution in [0.2, 0.25) is 0 Å². The Kier molecular flexibility index (Phi) is 12.6. The van der Waals surface area contributed by atoms with Crippen molar-refractivity contribution in [3.8, 4) is 0 Å². The van der Waals surface area contributed by atoms with Crippen molar-refractivity contribution < 1.29 is 45.0 Å². The van der Waals surface area contributed by atoms with Crippen LogP contribution in [0.3, 0.4) is 0 Å². The van der Waals surface area contributed by atoms with Gasteiger partial charge in [-0.05, 0) is 13.8 Å². The molecule has 9 heteroatoms. The van der Waals surface area contributed by atoms with Gasteiger partial charge in [-0.3, -0.25) is 0 Å². The molecule has 128 valence electrons. The largest absolute Gasteiger partial charge is 0.503 e. The lowest BCUT2D eigenvalue weighted by molar-refractivity contribution is -0.156. The minimum Gasteiger partial charge on any atom is -0.479 e. The molecule has 0 spiro atoms. The first kappa shape index (κ1) is 24.6. The van der Waals surface area contributed by atoms with Gasteiger partial charge in [-0.1, -0.05) is 12.2 Å². The van der Waals surface area contributed by atoms with E-state index in [0.717, 1.165) is 0 Å². The fourth-order valence-corrected chi connectivity index (χ4v) is 0.737. The van der Waals surface area contributed by atoms with Crippen LogP contribution in [0.1, 0.15) is 26.7 Å². The smallest absolute Gasteiger partial charge is 0.479 e. The summed E-state index contributed by atoms with van der Waals surface area (Å²) in [6.45, 7) is 9.08. The Labute approximate surface area is 127 Å². The Morgan fingerprint density at radius 2 is 1.00 bits per heavy atom. The number of carboxylic acids is 2. The van der Waals surface area contributed by atoms with Crippen molar-refractivity contribution in [3.63, 3.8) is 0 Å². The molecule has 0 amide bonds. The molecule has 0 rings (SSSR count). The van der Waals surface area contributed by atoms with Gasteiger partial charge in [0.15, 0.2) is 11.2 Å². The van der Waals surface area contributed by atoms with Crippen molar-refractivity contribution >= 4 is 18.1 Å². The highest BCUT2D eigenvalue weighted by molar-refractivity contribution is 5.77. The first-order chi connectivity index (χ1) is 9.74. The zero-order valence-electron chi connectivity index (χ0n) is 12.4. The molecule has 0 aromatic carbocycles. The van der Waals surface area contributed by atoms with E-state index in [1.807, 2.05) is 0 Å². The molecule has 0 saturated carbocycles. The minimum absolute atomic E-state index is 0.0718. The summed E-state index contributed by atoms with van der Waals surface area (Å²) in [5.74, 6) is -2.44. The van der Waals surface area contributed by atoms with Crippen LogP contribution in [-0.2, 0) is 9.59 Å². The Hall–Kier alpha value is -2.39. The number of aliphatic carboxylic acids is 2. The number of rotatable bonds is 6. The van der Waals surface area contributed by atoms with E-state index < -0.39 is 29.3 Å². The molecule has 0 fully saturated rings. The zero-order valence-corrected chi connectivity index (χ0v) is 12.4. The standard InChI is InChI=1S/2C6H10O3.CH2O3/c2*1-3-4-6(2,9)5(7)8;2-1(3)4/h2*3,9H,1,4H2,2H3,(H,7,8);(H2,2,3,4). The van der Waals surface area contributed by atoms with E-state index >= 15 is 0 Å². The molecular formula is C13H22O9. The molecule has 2 atom stereocenters. The molecule has 22 heavy (non-hydrogen) atoms. The summed E-state index contributed by atoms with van der Waals surface area (Å²) >= 11 is 0. The maximum Gasteiger partial charge on any atom is 0.503 e. The first-order valence-electron chi connectivity index (χ1n) is 5.79. The van der Waals surface area contributed by atoms with E-state index in [1.165, 1.54) is 26.0 Å². The normalized spacial score (nSPS) is 14.4. The quantitative estimate of drug-likeness (QED) is 0.390. The van der Waals surface area contributed by atoms with Gasteiger partial charge in [0.2, 0.25) is 0 Å². The van der Waals surface area contributed by atoms with E-state index in [-0.39, 0.29) is 12.8 Å². The zero-order chi connectivity index (χ0) is 18.6. The van der Waals surface area contributed by atoms with Crippen molar-refractivity contribution in [2.45, 2.75) is 37.9 Å². The highest BCUT2D eigenvalue weighted by atomic mass is 16.6. The maximum atomic E-state index is 10.1. The Balaban J connectivity index is -0.000000266. The molecule has 0 radical (unpaired) electrons. The molecule has 0 aliphatic rings. The van der Waals surface area contributed by atoms with Crippen molar-refractivity contribution in [2.24, 2.45) is 0 Å². The molecule has 0 aromatic rings. The molecule has 0 aliphatic heterocycles. The predicted octanol–water partition coefficient (Wildman–Crippen LogP) is 1.02. The number of carbonyl (C=O) groups is 3. The summed E-state index contributed by atoms with van der Waals surface area (Å²) in [4.78, 5) is 28.8. The summed E-state index contributed by atoms with van der Waals surface area (Å²) < 4.78 is 0. The lowest BCUT2D eigenvalue weighted by Gasteiger charge is -2.13. The average molecular weight is 322 g/mol. The van der Waals surface area contributed by atoms with Gasteiger partial charge in [0.25, 0.3) is 0 Å². The highest BCUT2D eigenvalue weighted by Crippen LogP contribution is 2.09. The number of hydrogen-bond donors (Lipinski definition) is 6. The molecule has 0 bridgehead atoms. The van der Waals surface area contributed by atoms with Crippen LogP contribution in [0.25, 0.3) is 0 Å². The van der Waals surface area contributed by atoms with Gasteiger partial charge in [-0.15, -0.1) is 13.2 Å². The monoisotopic (exact) mass is 322 g/mol. The molecule has 2 unspecified atom stereocenters. The van der Waals surface area contributed by atoms with Crippen LogP contribution >= 0.6 is 0 Å². The van der Waals surface area contributed by atoms with Crippen LogP contribution in [-0.4, -0.2) is 59.9 Å². The number of aliphatic hydroxyl groups is 2. The Morgan fingerprint density at radius 1 is 0.818 bits per heavy atom. The van der Waals surface area contributed by atoms with Crippen molar-refractivity contribution in [2.75, 3.05) is 0 Å². The van der Waals surface area contributed by atoms with Crippen LogP contribution in [0, 0.1) is 0 Å². The summed E-state index contributed by atoms with van der Waals surface area (Å²) in [7, 11) is 0. The van der Waals surface area contributed by atoms with Gasteiger partial charge in [-0.2, -0.15) is 0 Å². The molecule has 0 aromatic heterocycles. The van der Waals surface area contributed by atoms with Crippen LogP contribution in [0.5, 0.6) is 0 Å². The topological polar surface area (TPSA) is 173 Å². The van der Waals surface area contributed by atoms with E-state index in [9.17, 15) is 9.59 Å². The van der Waals surface area contributed by atoms with Gasteiger partial charge >= 0.3 is 18.1 Å². The van der Waals surface area contributed by atoms with Crippen LogP contribution < -0.4 is 0 Å². The fraction of sp³-hybridized carbons (Fsp3) is 0.462. The molecule has 6 N–H and O–H groups in total. The SMILES string of the molecule is C=CCC(C)(O)C(=O)O.C=CCC(C)(O)C(=O)O.O=C(O)O. The lowest BCUT2D eigenvalue weighted by Crippen LogP contribution is -2.33. The fourth-order valence-electron chi connectivity index (χ4n) is 0.737. The van der Waals surface area contributed by atoms with Crippen LogP contribution in [0.4, 0.5) is 4.79 Å². The van der Waals surface area contributed by atoms with Gasteiger partial charge in [0.1, 0.15) is 0 Å². The Morgan fingerprint density at radius 3 is 1.05 bits per heavy atom. The summed E-state index contributed by atoms with van der Waals surface area (Å²) in [5, 5.41) is 48.3. The predicted molar refractivity (Wildman–Crippen MR) is 76.8 cm³/mol. The van der Waals surface area contributed by atoms with Crippen molar-refractivity contribution in [1.29, 1.82) is 0 Å². The van der Waals surface area contributed by atoms with Gasteiger partial charge < -0.3 is 30.6 Å². The second-order valence-corrected chi connectivity index (χ2v) is 4.43. The second-order valence-electron chi connectivity index (χ2n) is 4.43. The van der Waals surface area contributed by atoms with E-state index in [2.05, 4.69) is 13.2 Å². The van der Waals surface area contributed by atoms with Crippen molar-refractivity contribution in [1.82, 2.24) is 0 Å². The van der Waals surface area contributed by atoms with E-state index in [0.29, 0.717) is 0 Å². The average Bonchev–Trinajstić information content (AvgIpc) is 2.28. The molecule has 9 nitrogen and oxygen atoms in total. The molecule has 0 aliphatic carbocycles. The van der Waals surface area contributed by atoms with Crippen LogP contribution in [0.15, 0.2) is 25.3 Å². The summed E-state index contributed by atoms with van der Waals surface area (Å²) in [5.41, 5.74) is -3.30. The van der Waals surface area contributed by atoms with Gasteiger partial charge in [0, 0.05) is 12.8 Å².